The molecule has 0 radical (unpaired) electrons. The van der Waals surface area contributed by atoms with Gasteiger partial charge in [0.05, 0.1) is 13.1 Å². The Morgan fingerprint density at radius 2 is 1.87 bits per heavy atom. The third kappa shape index (κ3) is 6.44. The summed E-state index contributed by atoms with van der Waals surface area (Å²) < 4.78 is 10.7. The summed E-state index contributed by atoms with van der Waals surface area (Å²) in [6.07, 6.45) is 0.991. The topological polar surface area (TPSA) is 105 Å². The molecule has 9 heteroatoms. The van der Waals surface area contributed by atoms with E-state index in [1.54, 1.807) is 4.90 Å². The summed E-state index contributed by atoms with van der Waals surface area (Å²) in [7, 11) is 0. The number of amides is 3. The number of Topliss-reactive ketones (excluding diaryl/α,β-unsaturated/α-hetero) is 1. The molecule has 0 unspecified atom stereocenters. The molecule has 9 nitrogen and oxygen atoms in total. The zero-order valence-corrected chi connectivity index (χ0v) is 17.8. The fourth-order valence-electron chi connectivity index (χ4n) is 3.87. The van der Waals surface area contributed by atoms with Gasteiger partial charge >= 0.3 is 12.2 Å². The maximum Gasteiger partial charge on any atom is 0.410 e. The van der Waals surface area contributed by atoms with Crippen molar-refractivity contribution in [1.29, 1.82) is 0 Å². The van der Waals surface area contributed by atoms with Crippen LogP contribution in [0.5, 0.6) is 0 Å². The first kappa shape index (κ1) is 22.6. The highest BCUT2D eigenvalue weighted by Gasteiger charge is 2.47. The number of rotatable bonds is 8. The zero-order chi connectivity index (χ0) is 22.3. The maximum absolute atomic E-state index is 12.5. The second-order valence-electron chi connectivity index (χ2n) is 8.08. The molecule has 2 aliphatic heterocycles. The predicted molar refractivity (Wildman–Crippen MR) is 111 cm³/mol. The number of carbonyl (C=O) groups excluding carboxylic acids is 4. The van der Waals surface area contributed by atoms with E-state index in [2.05, 4.69) is 5.32 Å². The minimum Gasteiger partial charge on any atom is -0.445 e. The van der Waals surface area contributed by atoms with Gasteiger partial charge in [0.15, 0.2) is 0 Å². The quantitative estimate of drug-likeness (QED) is 0.632. The van der Waals surface area contributed by atoms with Crippen LogP contribution in [0.3, 0.4) is 0 Å². The van der Waals surface area contributed by atoms with Crippen LogP contribution in [0.4, 0.5) is 9.59 Å². The van der Waals surface area contributed by atoms with E-state index in [0.29, 0.717) is 51.9 Å². The Kier molecular flexibility index (Phi) is 7.49. The third-order valence-corrected chi connectivity index (χ3v) is 5.53. The SMILES string of the molecule is CC(=O)CN1CC2(CCN(C(=O)CCCNC(=O)OCc3ccccc3)CC2)OC1=O. The van der Waals surface area contributed by atoms with Gasteiger partial charge in [-0.3, -0.25) is 14.5 Å². The molecular weight excluding hydrogens is 402 g/mol. The van der Waals surface area contributed by atoms with E-state index >= 15 is 0 Å². The van der Waals surface area contributed by atoms with Crippen LogP contribution in [-0.4, -0.2) is 72.0 Å². The maximum atomic E-state index is 12.5. The number of alkyl carbamates (subject to hydrolysis) is 1. The summed E-state index contributed by atoms with van der Waals surface area (Å²) in [5, 5.41) is 2.65. The molecule has 2 fully saturated rings. The second-order valence-corrected chi connectivity index (χ2v) is 8.08. The predicted octanol–water partition coefficient (Wildman–Crippen LogP) is 2.10. The molecular formula is C22H29N3O6. The van der Waals surface area contributed by atoms with Crippen LogP contribution in [0.25, 0.3) is 0 Å². The normalized spacial score (nSPS) is 17.4. The minimum absolute atomic E-state index is 0.0132. The Morgan fingerprint density at radius 1 is 1.16 bits per heavy atom. The van der Waals surface area contributed by atoms with E-state index in [1.165, 1.54) is 11.8 Å². The monoisotopic (exact) mass is 431 g/mol. The fraction of sp³-hybridized carbons (Fsp3) is 0.545. The lowest BCUT2D eigenvalue weighted by atomic mass is 9.91. The molecule has 2 saturated heterocycles. The van der Waals surface area contributed by atoms with Crippen molar-refractivity contribution in [2.75, 3.05) is 32.7 Å². The van der Waals surface area contributed by atoms with Crippen molar-refractivity contribution < 1.29 is 28.7 Å². The van der Waals surface area contributed by atoms with E-state index in [4.69, 9.17) is 9.47 Å². The first-order valence-corrected chi connectivity index (χ1v) is 10.6. The van der Waals surface area contributed by atoms with Gasteiger partial charge in [0.25, 0.3) is 0 Å². The van der Waals surface area contributed by atoms with E-state index in [9.17, 15) is 19.2 Å². The molecule has 3 rings (SSSR count). The van der Waals surface area contributed by atoms with Crippen LogP contribution in [0.1, 0.15) is 38.2 Å². The number of carbonyl (C=O) groups is 4. The first-order valence-electron chi connectivity index (χ1n) is 10.6. The molecule has 0 atom stereocenters. The Morgan fingerprint density at radius 3 is 2.55 bits per heavy atom. The number of nitrogens with zero attached hydrogens (tertiary/aromatic N) is 2. The lowest BCUT2D eigenvalue weighted by molar-refractivity contribution is -0.134. The van der Waals surface area contributed by atoms with Gasteiger partial charge in [-0.15, -0.1) is 0 Å². The van der Waals surface area contributed by atoms with Crippen molar-refractivity contribution in [2.24, 2.45) is 0 Å². The number of nitrogens with one attached hydrogen (secondary N) is 1. The molecule has 2 heterocycles. The summed E-state index contributed by atoms with van der Waals surface area (Å²) in [5.41, 5.74) is 0.306. The van der Waals surface area contributed by atoms with Gasteiger partial charge in [-0.2, -0.15) is 0 Å². The summed E-state index contributed by atoms with van der Waals surface area (Å²) in [5.74, 6) is -0.0709. The second kappa shape index (κ2) is 10.3. The minimum atomic E-state index is -0.604. The number of ether oxygens (including phenoxy) is 2. The average Bonchev–Trinajstić information content (AvgIpc) is 3.04. The van der Waals surface area contributed by atoms with Crippen LogP contribution < -0.4 is 5.32 Å². The highest BCUT2D eigenvalue weighted by atomic mass is 16.6. The Labute approximate surface area is 181 Å². The van der Waals surface area contributed by atoms with E-state index in [-0.39, 0.29) is 24.8 Å². The number of hydrogen-bond acceptors (Lipinski definition) is 6. The summed E-state index contributed by atoms with van der Waals surface area (Å²) >= 11 is 0. The smallest absolute Gasteiger partial charge is 0.410 e. The van der Waals surface area contributed by atoms with Gasteiger partial charge in [-0.05, 0) is 18.9 Å². The molecule has 0 bridgehead atoms. The van der Waals surface area contributed by atoms with Gasteiger partial charge in [-0.25, -0.2) is 9.59 Å². The number of benzene rings is 1. The highest BCUT2D eigenvalue weighted by Crippen LogP contribution is 2.33. The van der Waals surface area contributed by atoms with E-state index in [0.717, 1.165) is 5.56 Å². The van der Waals surface area contributed by atoms with E-state index in [1.807, 2.05) is 30.3 Å². The molecule has 1 N–H and O–H groups in total. The summed E-state index contributed by atoms with van der Waals surface area (Å²) in [6, 6.07) is 9.41. The molecule has 3 amide bonds. The van der Waals surface area contributed by atoms with Crippen LogP contribution in [-0.2, 0) is 25.7 Å². The molecule has 0 aliphatic carbocycles. The molecule has 1 spiro atoms. The Bertz CT molecular complexity index is 805. The van der Waals surface area contributed by atoms with Gasteiger partial charge in [-0.1, -0.05) is 30.3 Å². The van der Waals surface area contributed by atoms with Crippen LogP contribution in [0.2, 0.25) is 0 Å². The van der Waals surface area contributed by atoms with Crippen molar-refractivity contribution in [2.45, 2.75) is 44.8 Å². The van der Waals surface area contributed by atoms with Gasteiger partial charge in [0.2, 0.25) is 5.91 Å². The van der Waals surface area contributed by atoms with Gasteiger partial charge in [0.1, 0.15) is 18.0 Å². The molecule has 1 aromatic rings. The number of piperidine rings is 1. The van der Waals surface area contributed by atoms with Crippen molar-refractivity contribution in [3.8, 4) is 0 Å². The fourth-order valence-corrected chi connectivity index (χ4v) is 3.87. The number of ketones is 1. The van der Waals surface area contributed by atoms with Crippen molar-refractivity contribution in [1.82, 2.24) is 15.1 Å². The number of hydrogen-bond donors (Lipinski definition) is 1. The molecule has 0 aromatic heterocycles. The lowest BCUT2D eigenvalue weighted by Gasteiger charge is -2.37. The van der Waals surface area contributed by atoms with Crippen LogP contribution in [0.15, 0.2) is 30.3 Å². The van der Waals surface area contributed by atoms with Crippen molar-refractivity contribution in [3.05, 3.63) is 35.9 Å². The number of likely N-dealkylation sites (tertiary alicyclic amines) is 1. The molecule has 2 aliphatic rings. The van der Waals surface area contributed by atoms with Crippen LogP contribution >= 0.6 is 0 Å². The highest BCUT2D eigenvalue weighted by molar-refractivity contribution is 5.83. The van der Waals surface area contributed by atoms with Crippen molar-refractivity contribution >= 4 is 23.9 Å². The summed E-state index contributed by atoms with van der Waals surface area (Å²) in [4.78, 5) is 50.7. The Balaban J connectivity index is 1.31. The van der Waals surface area contributed by atoms with Gasteiger partial charge in [0, 0.05) is 38.9 Å². The lowest BCUT2D eigenvalue weighted by Crippen LogP contribution is -2.49. The largest absolute Gasteiger partial charge is 0.445 e. The zero-order valence-electron chi connectivity index (χ0n) is 17.8. The van der Waals surface area contributed by atoms with Gasteiger partial charge < -0.3 is 19.7 Å². The molecule has 0 saturated carbocycles. The molecule has 31 heavy (non-hydrogen) atoms. The van der Waals surface area contributed by atoms with Crippen LogP contribution in [0, 0.1) is 0 Å². The molecule has 168 valence electrons. The average molecular weight is 431 g/mol. The van der Waals surface area contributed by atoms with Crippen molar-refractivity contribution in [3.63, 3.8) is 0 Å². The standard InChI is InChI=1S/C22H29N3O6/c1-17(26)14-25-16-22(31-21(25)29)9-12-24(13-10-22)19(27)8-5-11-23-20(28)30-15-18-6-3-2-4-7-18/h2-4,6-7H,5,8-16H2,1H3,(H,23,28). The third-order valence-electron chi connectivity index (χ3n) is 5.53. The van der Waals surface area contributed by atoms with E-state index < -0.39 is 17.8 Å². The molecule has 1 aromatic carbocycles. The Hall–Kier alpha value is -3.10. The summed E-state index contributed by atoms with van der Waals surface area (Å²) in [6.45, 7) is 3.47. The first-order chi connectivity index (χ1) is 14.9.